The van der Waals surface area contributed by atoms with Crippen LogP contribution in [0.5, 0.6) is 0 Å². The molecular weight excluding hydrogens is 440 g/mol. The van der Waals surface area contributed by atoms with Crippen molar-refractivity contribution < 1.29 is 18.0 Å². The third-order valence-electron chi connectivity index (χ3n) is 7.31. The van der Waals surface area contributed by atoms with Crippen molar-refractivity contribution in [3.63, 3.8) is 0 Å². The van der Waals surface area contributed by atoms with Crippen LogP contribution in [0, 0.1) is 5.92 Å². The molecule has 2 aliphatic heterocycles. The topological polar surface area (TPSA) is 90.0 Å². The Hall–Kier alpha value is -1.97. The van der Waals surface area contributed by atoms with Crippen LogP contribution in [0.25, 0.3) is 0 Å². The van der Waals surface area contributed by atoms with Gasteiger partial charge in [-0.05, 0) is 50.4 Å². The number of amides is 2. The van der Waals surface area contributed by atoms with Gasteiger partial charge in [-0.2, -0.15) is 4.31 Å². The first-order valence-corrected chi connectivity index (χ1v) is 13.8. The third-order valence-corrected chi connectivity index (χ3v) is 9.21. The molecule has 1 aliphatic carbocycles. The molecule has 1 aromatic carbocycles. The minimum absolute atomic E-state index is 0.0359. The van der Waals surface area contributed by atoms with E-state index in [9.17, 15) is 18.0 Å². The van der Waals surface area contributed by atoms with E-state index in [-0.39, 0.29) is 22.6 Å². The van der Waals surface area contributed by atoms with Gasteiger partial charge >= 0.3 is 0 Å². The molecule has 1 atom stereocenters. The maximum atomic E-state index is 13.1. The van der Waals surface area contributed by atoms with Gasteiger partial charge in [0.1, 0.15) is 6.04 Å². The highest BCUT2D eigenvalue weighted by atomic mass is 32.2. The fraction of sp³-hybridized carbons (Fsp3) is 0.667. The summed E-state index contributed by atoms with van der Waals surface area (Å²) in [6.07, 6.45) is 6.62. The van der Waals surface area contributed by atoms with E-state index in [1.165, 1.54) is 16.8 Å². The lowest BCUT2D eigenvalue weighted by molar-refractivity contribution is -0.141. The molecule has 1 unspecified atom stereocenters. The van der Waals surface area contributed by atoms with Crippen LogP contribution in [0.4, 0.5) is 5.69 Å². The van der Waals surface area contributed by atoms with Crippen LogP contribution in [0.15, 0.2) is 29.2 Å². The molecule has 0 aromatic heterocycles. The van der Waals surface area contributed by atoms with Gasteiger partial charge in [-0.1, -0.05) is 32.3 Å². The van der Waals surface area contributed by atoms with Crippen molar-refractivity contribution in [2.24, 2.45) is 5.92 Å². The maximum Gasteiger partial charge on any atom is 0.247 e. The van der Waals surface area contributed by atoms with E-state index < -0.39 is 16.1 Å². The zero-order chi connectivity index (χ0) is 23.4. The number of piperazine rings is 1. The van der Waals surface area contributed by atoms with Gasteiger partial charge in [0, 0.05) is 44.3 Å². The van der Waals surface area contributed by atoms with Crippen molar-refractivity contribution in [1.29, 1.82) is 0 Å². The molecule has 1 N–H and O–H groups in total. The van der Waals surface area contributed by atoms with E-state index in [1.54, 1.807) is 23.1 Å². The van der Waals surface area contributed by atoms with Crippen LogP contribution >= 0.6 is 0 Å². The Morgan fingerprint density at radius 2 is 1.70 bits per heavy atom. The second kappa shape index (κ2) is 10.5. The van der Waals surface area contributed by atoms with Gasteiger partial charge in [0.05, 0.1) is 4.90 Å². The molecule has 1 aromatic rings. The Balaban J connectivity index is 1.42. The SMILES string of the molecule is CCN1CCN(S(=O)(=O)c2cccc(NC(=O)C3CCCN3C(=O)C3CCCCC3)c2)CC1. The molecule has 0 bridgehead atoms. The summed E-state index contributed by atoms with van der Waals surface area (Å²) in [6, 6.07) is 5.98. The number of likely N-dealkylation sites (tertiary alicyclic amines) is 1. The molecule has 33 heavy (non-hydrogen) atoms. The van der Waals surface area contributed by atoms with E-state index in [4.69, 9.17) is 0 Å². The molecule has 2 amide bonds. The van der Waals surface area contributed by atoms with Crippen molar-refractivity contribution in [2.45, 2.75) is 62.8 Å². The van der Waals surface area contributed by atoms with E-state index in [2.05, 4.69) is 17.1 Å². The van der Waals surface area contributed by atoms with Crippen molar-refractivity contribution in [3.05, 3.63) is 24.3 Å². The largest absolute Gasteiger partial charge is 0.330 e. The third kappa shape index (κ3) is 5.41. The lowest BCUT2D eigenvalue weighted by atomic mass is 9.88. The van der Waals surface area contributed by atoms with Gasteiger partial charge in [0.25, 0.3) is 0 Å². The number of likely N-dealkylation sites (N-methyl/N-ethyl adjacent to an activating group) is 1. The lowest BCUT2D eigenvalue weighted by Gasteiger charge is -2.33. The zero-order valence-corrected chi connectivity index (χ0v) is 20.4. The average Bonchev–Trinajstić information content (AvgIpc) is 3.34. The fourth-order valence-corrected chi connectivity index (χ4v) is 6.75. The van der Waals surface area contributed by atoms with Crippen LogP contribution in [0.1, 0.15) is 51.9 Å². The predicted molar refractivity (Wildman–Crippen MR) is 127 cm³/mol. The maximum absolute atomic E-state index is 13.1. The number of nitrogens with one attached hydrogen (secondary N) is 1. The summed E-state index contributed by atoms with van der Waals surface area (Å²) in [5.41, 5.74) is 0.449. The number of sulfonamides is 1. The summed E-state index contributed by atoms with van der Waals surface area (Å²) in [5, 5.41) is 2.88. The van der Waals surface area contributed by atoms with Crippen molar-refractivity contribution in [2.75, 3.05) is 44.6 Å². The first-order valence-electron chi connectivity index (χ1n) is 12.3. The molecule has 4 rings (SSSR count). The number of benzene rings is 1. The number of hydrogen-bond donors (Lipinski definition) is 1. The highest BCUT2D eigenvalue weighted by molar-refractivity contribution is 7.89. The molecule has 2 saturated heterocycles. The quantitative estimate of drug-likeness (QED) is 0.681. The van der Waals surface area contributed by atoms with Gasteiger partial charge in [0.15, 0.2) is 0 Å². The monoisotopic (exact) mass is 476 g/mol. The van der Waals surface area contributed by atoms with Gasteiger partial charge in [-0.25, -0.2) is 8.42 Å². The molecule has 3 fully saturated rings. The van der Waals surface area contributed by atoms with Gasteiger partial charge < -0.3 is 15.1 Å². The summed E-state index contributed by atoms with van der Waals surface area (Å²) >= 11 is 0. The van der Waals surface area contributed by atoms with Crippen LogP contribution in [0.2, 0.25) is 0 Å². The fourth-order valence-electron chi connectivity index (χ4n) is 5.28. The highest BCUT2D eigenvalue weighted by Crippen LogP contribution is 2.29. The Labute approximate surface area is 197 Å². The molecule has 8 nitrogen and oxygen atoms in total. The Morgan fingerprint density at radius 3 is 2.39 bits per heavy atom. The predicted octanol–water partition coefficient (Wildman–Crippen LogP) is 2.52. The number of rotatable bonds is 6. The second-order valence-electron chi connectivity index (χ2n) is 9.38. The van der Waals surface area contributed by atoms with Gasteiger partial charge in [0.2, 0.25) is 21.8 Å². The smallest absolute Gasteiger partial charge is 0.247 e. The molecule has 1 saturated carbocycles. The number of carbonyl (C=O) groups is 2. The number of hydrogen-bond acceptors (Lipinski definition) is 5. The first-order chi connectivity index (χ1) is 15.9. The molecule has 3 aliphatic rings. The minimum Gasteiger partial charge on any atom is -0.330 e. The number of nitrogens with zero attached hydrogens (tertiary/aromatic N) is 3. The average molecular weight is 477 g/mol. The van der Waals surface area contributed by atoms with Crippen LogP contribution in [-0.2, 0) is 19.6 Å². The lowest BCUT2D eigenvalue weighted by Crippen LogP contribution is -2.48. The van der Waals surface area contributed by atoms with E-state index in [1.807, 2.05) is 0 Å². The number of anilines is 1. The van der Waals surface area contributed by atoms with Gasteiger partial charge in [-0.15, -0.1) is 0 Å². The summed E-state index contributed by atoms with van der Waals surface area (Å²) in [4.78, 5) is 30.3. The standard InChI is InChI=1S/C24H36N4O4S/c1-2-26-14-16-27(17-15-26)33(31,32)21-11-6-10-20(18-21)25-23(29)22-12-7-13-28(22)24(30)19-8-4-3-5-9-19/h6,10-11,18-19,22H,2-5,7-9,12-17H2,1H3,(H,25,29). The van der Waals surface area contributed by atoms with Crippen LogP contribution in [0.3, 0.4) is 0 Å². The molecule has 0 spiro atoms. The van der Waals surface area contributed by atoms with Gasteiger partial charge in [-0.3, -0.25) is 9.59 Å². The Bertz CT molecular complexity index is 953. The van der Waals surface area contributed by atoms with E-state index in [0.717, 1.165) is 51.7 Å². The summed E-state index contributed by atoms with van der Waals surface area (Å²) in [7, 11) is -3.62. The molecule has 182 valence electrons. The molecular formula is C24H36N4O4S. The van der Waals surface area contributed by atoms with E-state index >= 15 is 0 Å². The summed E-state index contributed by atoms with van der Waals surface area (Å²) in [6.45, 7) is 5.98. The van der Waals surface area contributed by atoms with Crippen molar-refractivity contribution in [3.8, 4) is 0 Å². The molecule has 0 radical (unpaired) electrons. The highest BCUT2D eigenvalue weighted by Gasteiger charge is 2.37. The zero-order valence-electron chi connectivity index (χ0n) is 19.5. The molecule has 2 heterocycles. The first kappa shape index (κ1) is 24.2. The Kier molecular flexibility index (Phi) is 7.71. The normalized spacial score (nSPS) is 23.5. The summed E-state index contributed by atoms with van der Waals surface area (Å²) < 4.78 is 27.8. The van der Waals surface area contributed by atoms with Crippen molar-refractivity contribution in [1.82, 2.24) is 14.1 Å². The second-order valence-corrected chi connectivity index (χ2v) is 11.3. The summed E-state index contributed by atoms with van der Waals surface area (Å²) in [5.74, 6) is -0.0912. The molecule has 9 heteroatoms. The van der Waals surface area contributed by atoms with Crippen LogP contribution in [-0.4, -0.2) is 79.6 Å². The number of carbonyl (C=O) groups excluding carboxylic acids is 2. The van der Waals surface area contributed by atoms with Crippen molar-refractivity contribution >= 4 is 27.5 Å². The minimum atomic E-state index is -3.62. The Morgan fingerprint density at radius 1 is 0.970 bits per heavy atom. The van der Waals surface area contributed by atoms with Crippen LogP contribution < -0.4 is 5.32 Å². The van der Waals surface area contributed by atoms with E-state index in [0.29, 0.717) is 31.7 Å².